The Morgan fingerprint density at radius 2 is 2.08 bits per heavy atom. The van der Waals surface area contributed by atoms with Crippen molar-refractivity contribution >= 4 is 40.6 Å². The molecule has 1 saturated heterocycles. The van der Waals surface area contributed by atoms with Crippen molar-refractivity contribution < 1.29 is 9.18 Å². The normalized spacial score (nSPS) is 17.0. The fourth-order valence-electron chi connectivity index (χ4n) is 3.14. The van der Waals surface area contributed by atoms with Gasteiger partial charge in [-0.1, -0.05) is 35.3 Å². The topological polar surface area (TPSA) is 49.6 Å². The Hall–Kier alpha value is -1.98. The first-order valence-electron chi connectivity index (χ1n) is 7.92. The number of nitrogens with zero attached hydrogens (tertiary/aromatic N) is 2. The number of benzene rings is 2. The Morgan fingerprint density at radius 1 is 1.32 bits per heavy atom. The highest BCUT2D eigenvalue weighted by Crippen LogP contribution is 2.35. The van der Waals surface area contributed by atoms with E-state index in [-0.39, 0.29) is 11.9 Å². The molecule has 4 nitrogen and oxygen atoms in total. The van der Waals surface area contributed by atoms with Crippen LogP contribution in [0.3, 0.4) is 0 Å². The van der Waals surface area contributed by atoms with Crippen LogP contribution in [0.15, 0.2) is 36.4 Å². The van der Waals surface area contributed by atoms with E-state index < -0.39 is 6.03 Å². The highest BCUT2D eigenvalue weighted by molar-refractivity contribution is 6.44. The number of urea groups is 1. The van der Waals surface area contributed by atoms with Crippen LogP contribution in [-0.2, 0) is 0 Å². The van der Waals surface area contributed by atoms with Gasteiger partial charge in [0.15, 0.2) is 0 Å². The number of carbonyl (C=O) groups excluding carboxylic acids is 1. The van der Waals surface area contributed by atoms with Crippen LogP contribution in [0.1, 0.15) is 12.0 Å². The maximum Gasteiger partial charge on any atom is 0.319 e. The number of hydrogen-bond acceptors (Lipinski definition) is 2. The Kier molecular flexibility index (Phi) is 5.06. The minimum Gasteiger partial charge on any atom is -0.369 e. The summed E-state index contributed by atoms with van der Waals surface area (Å²) in [5.74, 6) is -0.245. The van der Waals surface area contributed by atoms with Gasteiger partial charge >= 0.3 is 6.03 Å². The molecule has 1 aliphatic heterocycles. The van der Waals surface area contributed by atoms with E-state index in [0.717, 1.165) is 5.69 Å². The monoisotopic (exact) mass is 381 g/mol. The maximum absolute atomic E-state index is 13.8. The van der Waals surface area contributed by atoms with E-state index in [2.05, 4.69) is 0 Å². The van der Waals surface area contributed by atoms with Crippen LogP contribution in [0.4, 0.5) is 20.6 Å². The third kappa shape index (κ3) is 3.53. The predicted octanol–water partition coefficient (Wildman–Crippen LogP) is 4.60. The van der Waals surface area contributed by atoms with Gasteiger partial charge in [0.2, 0.25) is 0 Å². The molecule has 1 atom stereocenters. The van der Waals surface area contributed by atoms with E-state index in [1.54, 1.807) is 31.2 Å². The van der Waals surface area contributed by atoms with E-state index in [0.29, 0.717) is 40.8 Å². The number of anilines is 2. The molecule has 0 saturated carbocycles. The molecule has 0 unspecified atom stereocenters. The van der Waals surface area contributed by atoms with E-state index in [9.17, 15) is 9.18 Å². The average Bonchev–Trinajstić information content (AvgIpc) is 3.03. The van der Waals surface area contributed by atoms with Crippen molar-refractivity contribution in [2.75, 3.05) is 22.9 Å². The molecule has 0 aliphatic carbocycles. The molecule has 0 bridgehead atoms. The van der Waals surface area contributed by atoms with Crippen LogP contribution < -0.4 is 15.5 Å². The first-order valence-corrected chi connectivity index (χ1v) is 8.68. The summed E-state index contributed by atoms with van der Waals surface area (Å²) in [6, 6.07) is 9.47. The molecule has 0 radical (unpaired) electrons. The van der Waals surface area contributed by atoms with E-state index in [1.165, 1.54) is 11.0 Å². The lowest BCUT2D eigenvalue weighted by Crippen LogP contribution is -2.45. The molecule has 1 fully saturated rings. The highest BCUT2D eigenvalue weighted by atomic mass is 35.5. The third-order valence-electron chi connectivity index (χ3n) is 4.48. The van der Waals surface area contributed by atoms with Crippen molar-refractivity contribution in [3.05, 3.63) is 57.8 Å². The summed E-state index contributed by atoms with van der Waals surface area (Å²) in [5.41, 5.74) is 7.48. The van der Waals surface area contributed by atoms with Crippen LogP contribution >= 0.6 is 23.2 Å². The fourth-order valence-corrected chi connectivity index (χ4v) is 3.53. The minimum atomic E-state index is -0.592. The molecule has 3 rings (SSSR count). The van der Waals surface area contributed by atoms with Crippen LogP contribution in [-0.4, -0.2) is 25.2 Å². The summed E-state index contributed by atoms with van der Waals surface area (Å²) >= 11 is 12.3. The van der Waals surface area contributed by atoms with Crippen molar-refractivity contribution in [3.8, 4) is 0 Å². The minimum absolute atomic E-state index is 0.169. The molecule has 1 aliphatic rings. The Morgan fingerprint density at radius 3 is 2.76 bits per heavy atom. The molecule has 132 valence electrons. The molecule has 25 heavy (non-hydrogen) atoms. The smallest absolute Gasteiger partial charge is 0.319 e. The van der Waals surface area contributed by atoms with Crippen LogP contribution in [0.25, 0.3) is 0 Å². The zero-order valence-electron chi connectivity index (χ0n) is 13.7. The lowest BCUT2D eigenvalue weighted by Gasteiger charge is -2.29. The van der Waals surface area contributed by atoms with Gasteiger partial charge < -0.3 is 10.6 Å². The zero-order valence-corrected chi connectivity index (χ0v) is 15.2. The van der Waals surface area contributed by atoms with Crippen molar-refractivity contribution in [2.45, 2.75) is 19.4 Å². The Bertz CT molecular complexity index is 815. The molecule has 2 aromatic rings. The second kappa shape index (κ2) is 7.10. The quantitative estimate of drug-likeness (QED) is 0.843. The molecule has 7 heteroatoms. The number of rotatable bonds is 3. The van der Waals surface area contributed by atoms with E-state index >= 15 is 0 Å². The summed E-state index contributed by atoms with van der Waals surface area (Å²) in [4.78, 5) is 15.6. The van der Waals surface area contributed by atoms with Crippen molar-refractivity contribution in [3.63, 3.8) is 0 Å². The van der Waals surface area contributed by atoms with Gasteiger partial charge in [0.1, 0.15) is 5.82 Å². The maximum atomic E-state index is 13.8. The first kappa shape index (κ1) is 17.8. The molecule has 0 spiro atoms. The molecule has 2 aromatic carbocycles. The standard InChI is InChI=1S/C18H18Cl2FN3O/c1-11-5-6-12(9-15(11)21)23-8-7-13(10-23)24(18(22)25)16-4-2-3-14(19)17(16)20/h2-6,9,13H,7-8,10H2,1H3,(H2,22,25)/t13-/m1/s1. The van der Waals surface area contributed by atoms with Crippen LogP contribution in [0, 0.1) is 12.7 Å². The number of carbonyl (C=O) groups is 1. The third-order valence-corrected chi connectivity index (χ3v) is 5.29. The van der Waals surface area contributed by atoms with Gasteiger partial charge in [-0.25, -0.2) is 9.18 Å². The number of nitrogens with two attached hydrogens (primary N) is 1. The summed E-state index contributed by atoms with van der Waals surface area (Å²) < 4.78 is 13.8. The number of primary amides is 1. The Balaban J connectivity index is 1.86. The zero-order chi connectivity index (χ0) is 18.1. The number of amides is 2. The highest BCUT2D eigenvalue weighted by Gasteiger charge is 2.32. The summed E-state index contributed by atoms with van der Waals surface area (Å²) in [5, 5.41) is 0.656. The second-order valence-electron chi connectivity index (χ2n) is 6.10. The molecule has 2 N–H and O–H groups in total. The van der Waals surface area contributed by atoms with Gasteiger partial charge in [-0.15, -0.1) is 0 Å². The number of aryl methyl sites for hydroxylation is 1. The largest absolute Gasteiger partial charge is 0.369 e. The first-order chi connectivity index (χ1) is 11.9. The van der Waals surface area contributed by atoms with Crippen molar-refractivity contribution in [2.24, 2.45) is 5.73 Å². The number of halogens is 3. The summed E-state index contributed by atoms with van der Waals surface area (Å²) in [6.45, 7) is 2.95. The van der Waals surface area contributed by atoms with Gasteiger partial charge in [0, 0.05) is 18.8 Å². The molecule has 1 heterocycles. The van der Waals surface area contributed by atoms with Gasteiger partial charge in [0.05, 0.1) is 21.8 Å². The molecular formula is C18H18Cl2FN3O. The molecular weight excluding hydrogens is 364 g/mol. The second-order valence-corrected chi connectivity index (χ2v) is 6.89. The molecule has 0 aromatic heterocycles. The van der Waals surface area contributed by atoms with E-state index in [4.69, 9.17) is 28.9 Å². The Labute approximate surface area is 155 Å². The molecule has 2 amide bonds. The van der Waals surface area contributed by atoms with Gasteiger partial charge in [-0.3, -0.25) is 4.90 Å². The summed E-state index contributed by atoms with van der Waals surface area (Å²) in [6.07, 6.45) is 0.696. The number of hydrogen-bond donors (Lipinski definition) is 1. The lowest BCUT2D eigenvalue weighted by molar-refractivity contribution is 0.252. The lowest BCUT2D eigenvalue weighted by atomic mass is 10.2. The van der Waals surface area contributed by atoms with Crippen molar-refractivity contribution in [1.82, 2.24) is 0 Å². The van der Waals surface area contributed by atoms with Crippen molar-refractivity contribution in [1.29, 1.82) is 0 Å². The van der Waals surface area contributed by atoms with Gasteiger partial charge in [0.25, 0.3) is 0 Å². The van der Waals surface area contributed by atoms with E-state index in [1.807, 2.05) is 11.0 Å². The van der Waals surface area contributed by atoms with Crippen LogP contribution in [0.5, 0.6) is 0 Å². The van der Waals surface area contributed by atoms with Gasteiger partial charge in [-0.05, 0) is 43.2 Å². The van der Waals surface area contributed by atoms with Crippen LogP contribution in [0.2, 0.25) is 10.0 Å². The fraction of sp³-hybridized carbons (Fsp3) is 0.278. The SMILES string of the molecule is Cc1ccc(N2CC[C@@H](N(C(N)=O)c3cccc(Cl)c3Cl)C2)cc1F. The van der Waals surface area contributed by atoms with Gasteiger partial charge in [-0.2, -0.15) is 0 Å². The summed E-state index contributed by atoms with van der Waals surface area (Å²) in [7, 11) is 0. The predicted molar refractivity (Wildman–Crippen MR) is 100 cm³/mol. The average molecular weight is 382 g/mol.